The molecule has 0 radical (unpaired) electrons. The molecule has 3 N–H and O–H groups in total. The minimum absolute atomic E-state index is 0.0296. The van der Waals surface area contributed by atoms with Crippen LogP contribution >= 0.6 is 0 Å². The van der Waals surface area contributed by atoms with Gasteiger partial charge in [-0.1, -0.05) is 37.3 Å². The molecule has 2 aromatic carbocycles. The number of aromatic nitrogens is 1. The normalized spacial score (nSPS) is 26.2. The molecule has 5 atom stereocenters. The molecule has 1 unspecified atom stereocenters. The number of aryl methyl sites for hydroxylation is 2. The van der Waals surface area contributed by atoms with E-state index in [0.717, 1.165) is 28.5 Å². The first kappa shape index (κ1) is 28.2. The maximum atomic E-state index is 13.8. The number of benzene rings is 2. The van der Waals surface area contributed by atoms with Crippen LogP contribution in [-0.4, -0.2) is 61.5 Å². The average Bonchev–Trinajstić information content (AvgIpc) is 3.61. The quantitative estimate of drug-likeness (QED) is 0.358. The lowest BCUT2D eigenvalue weighted by Crippen LogP contribution is -2.50. The number of sulfonamides is 1. The third-order valence-electron chi connectivity index (χ3n) is 9.85. The molecule has 2 saturated carbocycles. The molecule has 8 nitrogen and oxygen atoms in total. The van der Waals surface area contributed by atoms with E-state index in [9.17, 15) is 18.3 Å². The molecular formula is C32H42N4O4S. The fraction of sp³-hybridized carbons (Fsp3) is 0.531. The molecule has 1 aromatic heterocycles. The molecule has 3 aliphatic rings. The Balaban J connectivity index is 1.27. The summed E-state index contributed by atoms with van der Waals surface area (Å²) >= 11 is 0. The van der Waals surface area contributed by atoms with Crippen molar-refractivity contribution < 1.29 is 18.3 Å². The molecule has 0 spiro atoms. The third kappa shape index (κ3) is 5.40. The van der Waals surface area contributed by atoms with E-state index >= 15 is 0 Å². The van der Waals surface area contributed by atoms with Gasteiger partial charge in [0.15, 0.2) is 0 Å². The summed E-state index contributed by atoms with van der Waals surface area (Å²) in [5.74, 6) is 0.369. The molecule has 1 amide bonds. The van der Waals surface area contributed by atoms with Gasteiger partial charge < -0.3 is 20.3 Å². The predicted molar refractivity (Wildman–Crippen MR) is 163 cm³/mol. The van der Waals surface area contributed by atoms with E-state index in [1.54, 1.807) is 13.1 Å². The summed E-state index contributed by atoms with van der Waals surface area (Å²) in [4.78, 5) is 13.8. The Morgan fingerprint density at radius 3 is 2.66 bits per heavy atom. The predicted octanol–water partition coefficient (Wildman–Crippen LogP) is 3.85. The summed E-state index contributed by atoms with van der Waals surface area (Å²) < 4.78 is 29.3. The lowest BCUT2D eigenvalue weighted by molar-refractivity contribution is 0.0817. The highest BCUT2D eigenvalue weighted by Gasteiger charge is 2.47. The van der Waals surface area contributed by atoms with Crippen LogP contribution in [0.5, 0.6) is 0 Å². The van der Waals surface area contributed by atoms with Gasteiger partial charge in [-0.05, 0) is 80.0 Å². The highest BCUT2D eigenvalue weighted by molar-refractivity contribution is 7.92. The topological polar surface area (TPSA) is 104 Å². The van der Waals surface area contributed by atoms with Gasteiger partial charge in [0.1, 0.15) is 0 Å². The van der Waals surface area contributed by atoms with Crippen molar-refractivity contribution >= 4 is 32.5 Å². The molecule has 6 rings (SSSR count). The van der Waals surface area contributed by atoms with Crippen LogP contribution in [0.4, 0.5) is 5.69 Å². The molecule has 41 heavy (non-hydrogen) atoms. The van der Waals surface area contributed by atoms with Crippen molar-refractivity contribution in [3.05, 3.63) is 65.4 Å². The number of aliphatic hydroxyl groups is 1. The van der Waals surface area contributed by atoms with Gasteiger partial charge in [-0.25, -0.2) is 8.42 Å². The van der Waals surface area contributed by atoms with Crippen LogP contribution in [0.2, 0.25) is 0 Å². The molecule has 1 aliphatic heterocycles. The van der Waals surface area contributed by atoms with Gasteiger partial charge in [0.2, 0.25) is 10.0 Å². The summed E-state index contributed by atoms with van der Waals surface area (Å²) in [5.41, 5.74) is 4.19. The zero-order valence-electron chi connectivity index (χ0n) is 24.3. The standard InChI is InChI=1S/C32H42N4O4S/c1-4-36-20-23-11-13-41(39,40)35(3)27-15-24(16-28(36)30(23)27)31(38)34-25(14-21-8-6-5-7-9-21)29(37)19-33-26-18-32(2)12-10-22(26)17-32/h5-9,15-16,20,22,25-26,29,33,37H,4,10-14,17-19H2,1-3H3,(H,34,38)/t22-,25-,26?,29+,32+/m0/s1. The molecule has 9 heteroatoms. The maximum absolute atomic E-state index is 13.8. The molecule has 220 valence electrons. The Bertz CT molecular complexity index is 1550. The summed E-state index contributed by atoms with van der Waals surface area (Å²) in [7, 11) is -1.94. The number of nitrogens with one attached hydrogen (secondary N) is 2. The summed E-state index contributed by atoms with van der Waals surface area (Å²) in [6, 6.07) is 13.3. The summed E-state index contributed by atoms with van der Waals surface area (Å²) in [6.45, 7) is 5.52. The second-order valence-electron chi connectivity index (χ2n) is 12.7. The van der Waals surface area contributed by atoms with Gasteiger partial charge >= 0.3 is 0 Å². The Labute approximate surface area is 243 Å². The van der Waals surface area contributed by atoms with Crippen LogP contribution in [0.25, 0.3) is 10.9 Å². The van der Waals surface area contributed by atoms with Crippen LogP contribution in [0.1, 0.15) is 61.0 Å². The number of rotatable bonds is 9. The fourth-order valence-corrected chi connectivity index (χ4v) is 8.69. The minimum atomic E-state index is -3.50. The molecule has 2 bridgehead atoms. The highest BCUT2D eigenvalue weighted by Crippen LogP contribution is 2.53. The largest absolute Gasteiger partial charge is 0.390 e. The van der Waals surface area contributed by atoms with Gasteiger partial charge in [0, 0.05) is 43.3 Å². The monoisotopic (exact) mass is 578 g/mol. The molecule has 0 saturated heterocycles. The van der Waals surface area contributed by atoms with Crippen molar-refractivity contribution in [1.82, 2.24) is 15.2 Å². The van der Waals surface area contributed by atoms with Crippen molar-refractivity contribution in [2.45, 2.75) is 77.1 Å². The highest BCUT2D eigenvalue weighted by atomic mass is 32.2. The van der Waals surface area contributed by atoms with Crippen LogP contribution in [0.3, 0.4) is 0 Å². The Morgan fingerprint density at radius 2 is 1.98 bits per heavy atom. The van der Waals surface area contributed by atoms with Crippen molar-refractivity contribution in [3.8, 4) is 0 Å². The first-order valence-electron chi connectivity index (χ1n) is 15.0. The van der Waals surface area contributed by atoms with E-state index in [4.69, 9.17) is 0 Å². The van der Waals surface area contributed by atoms with Crippen LogP contribution < -0.4 is 14.9 Å². The molecule has 3 aromatic rings. The van der Waals surface area contributed by atoms with Crippen molar-refractivity contribution in [3.63, 3.8) is 0 Å². The van der Waals surface area contributed by atoms with E-state index in [0.29, 0.717) is 54.6 Å². The van der Waals surface area contributed by atoms with E-state index in [1.807, 2.05) is 49.5 Å². The summed E-state index contributed by atoms with van der Waals surface area (Å²) in [6.07, 6.45) is 7.06. The van der Waals surface area contributed by atoms with Crippen LogP contribution in [-0.2, 0) is 29.4 Å². The zero-order chi connectivity index (χ0) is 28.9. The number of anilines is 1. The zero-order valence-corrected chi connectivity index (χ0v) is 25.1. The fourth-order valence-electron chi connectivity index (χ4n) is 7.50. The molecule has 2 fully saturated rings. The number of fused-ring (bicyclic) bond motifs is 2. The molecular weight excluding hydrogens is 536 g/mol. The Morgan fingerprint density at radius 1 is 1.20 bits per heavy atom. The maximum Gasteiger partial charge on any atom is 0.251 e. The number of nitrogens with zero attached hydrogens (tertiary/aromatic N) is 2. The van der Waals surface area contributed by atoms with Gasteiger partial charge in [-0.2, -0.15) is 0 Å². The molecule has 2 aliphatic carbocycles. The first-order valence-corrected chi connectivity index (χ1v) is 16.6. The van der Waals surface area contributed by atoms with Gasteiger partial charge in [0.25, 0.3) is 5.91 Å². The number of aliphatic hydroxyl groups excluding tert-OH is 1. The lowest BCUT2D eigenvalue weighted by atomic mass is 9.85. The number of hydrogen-bond acceptors (Lipinski definition) is 5. The second-order valence-corrected chi connectivity index (χ2v) is 14.9. The van der Waals surface area contributed by atoms with Crippen molar-refractivity contribution in [2.75, 3.05) is 23.7 Å². The van der Waals surface area contributed by atoms with Gasteiger partial charge in [-0.15, -0.1) is 0 Å². The number of carbonyl (C=O) groups excluding carboxylic acids is 1. The Kier molecular flexibility index (Phi) is 7.41. The SMILES string of the molecule is CCn1cc2c3c(cc(C(=O)N[C@@H](Cc4ccccc4)[C@H](O)CNC4C[C@]5(C)CC[C@H]4C5)cc31)N(C)S(=O)(=O)CC2. The average molecular weight is 579 g/mol. The number of carbonyl (C=O) groups is 1. The smallest absolute Gasteiger partial charge is 0.251 e. The van der Waals surface area contributed by atoms with Crippen molar-refractivity contribution in [1.29, 1.82) is 0 Å². The summed E-state index contributed by atoms with van der Waals surface area (Å²) in [5, 5.41) is 19.0. The van der Waals surface area contributed by atoms with Crippen LogP contribution in [0, 0.1) is 11.3 Å². The Hall–Kier alpha value is -2.88. The molecule has 2 heterocycles. The lowest BCUT2D eigenvalue weighted by Gasteiger charge is -2.30. The van der Waals surface area contributed by atoms with E-state index < -0.39 is 22.2 Å². The third-order valence-corrected chi connectivity index (χ3v) is 11.6. The van der Waals surface area contributed by atoms with Gasteiger partial charge in [-0.3, -0.25) is 9.10 Å². The number of amides is 1. The minimum Gasteiger partial charge on any atom is -0.390 e. The van der Waals surface area contributed by atoms with Crippen LogP contribution in [0.15, 0.2) is 48.7 Å². The van der Waals surface area contributed by atoms with E-state index in [2.05, 4.69) is 22.1 Å². The first-order chi connectivity index (χ1) is 19.6. The van der Waals surface area contributed by atoms with Crippen molar-refractivity contribution in [2.24, 2.45) is 11.3 Å². The van der Waals surface area contributed by atoms with Gasteiger partial charge in [0.05, 0.1) is 29.1 Å². The number of hydrogen-bond donors (Lipinski definition) is 3. The van der Waals surface area contributed by atoms with E-state index in [1.165, 1.54) is 23.6 Å². The van der Waals surface area contributed by atoms with E-state index in [-0.39, 0.29) is 11.7 Å². The second kappa shape index (κ2) is 10.7.